The first-order valence-electron chi connectivity index (χ1n) is 7.72. The lowest BCUT2D eigenvalue weighted by Gasteiger charge is -2.12. The molecule has 1 atom stereocenters. The van der Waals surface area contributed by atoms with Crippen LogP contribution in [0.3, 0.4) is 0 Å². The van der Waals surface area contributed by atoms with E-state index in [1.807, 2.05) is 30.5 Å². The molecule has 0 bridgehead atoms. The van der Waals surface area contributed by atoms with Crippen LogP contribution < -0.4 is 14.8 Å². The molecule has 0 aliphatic heterocycles. The molecule has 7 heteroatoms. The van der Waals surface area contributed by atoms with Gasteiger partial charge >= 0.3 is 5.97 Å². The predicted molar refractivity (Wildman–Crippen MR) is 93.8 cm³/mol. The van der Waals surface area contributed by atoms with Gasteiger partial charge < -0.3 is 14.6 Å². The van der Waals surface area contributed by atoms with E-state index >= 15 is 0 Å². The summed E-state index contributed by atoms with van der Waals surface area (Å²) >= 11 is 1.49. The fourth-order valence-corrected chi connectivity index (χ4v) is 3.24. The molecule has 0 saturated heterocycles. The number of aromatic nitrogens is 1. The second kappa shape index (κ2) is 8.65. The van der Waals surface area contributed by atoms with Gasteiger partial charge in [-0.3, -0.25) is 10.1 Å². The molecule has 130 valence electrons. The quantitative estimate of drug-likeness (QED) is 0.723. The first kappa shape index (κ1) is 18.2. The summed E-state index contributed by atoms with van der Waals surface area (Å²) in [6.07, 6.45) is 1.41. The normalized spacial score (nSPS) is 12.0. The van der Waals surface area contributed by atoms with Crippen molar-refractivity contribution in [2.45, 2.75) is 32.4 Å². The second-order valence-corrected chi connectivity index (χ2v) is 6.10. The molecule has 0 fully saturated rings. The lowest BCUT2D eigenvalue weighted by Crippen LogP contribution is -2.36. The molecule has 6 nitrogen and oxygen atoms in total. The van der Waals surface area contributed by atoms with Crippen molar-refractivity contribution >= 4 is 17.3 Å². The molecule has 1 aromatic heterocycles. The third kappa shape index (κ3) is 4.24. The number of carbonyl (C=O) groups is 1. The SMILES string of the molecule is CCCC(NCc1csc(-c2cccc(OC)c2OC)n1)C(=O)O. The monoisotopic (exact) mass is 350 g/mol. The molecular weight excluding hydrogens is 328 g/mol. The van der Waals surface area contributed by atoms with Gasteiger partial charge in [0, 0.05) is 11.9 Å². The van der Waals surface area contributed by atoms with Gasteiger partial charge in [0.05, 0.1) is 25.5 Å². The molecule has 2 aromatic rings. The summed E-state index contributed by atoms with van der Waals surface area (Å²) in [6.45, 7) is 2.38. The van der Waals surface area contributed by atoms with Crippen LogP contribution in [0.25, 0.3) is 10.6 Å². The molecule has 0 saturated carbocycles. The highest BCUT2D eigenvalue weighted by Crippen LogP contribution is 2.38. The van der Waals surface area contributed by atoms with Crippen LogP contribution >= 0.6 is 11.3 Å². The van der Waals surface area contributed by atoms with Crippen molar-refractivity contribution < 1.29 is 19.4 Å². The van der Waals surface area contributed by atoms with Crippen LogP contribution in [0.4, 0.5) is 0 Å². The molecule has 2 N–H and O–H groups in total. The Morgan fingerprint density at radius 2 is 2.17 bits per heavy atom. The lowest BCUT2D eigenvalue weighted by atomic mass is 10.1. The molecule has 0 aliphatic rings. The molecule has 2 rings (SSSR count). The molecule has 0 aliphatic carbocycles. The Labute approximate surface area is 145 Å². The minimum absolute atomic E-state index is 0.416. The highest BCUT2D eigenvalue weighted by molar-refractivity contribution is 7.13. The smallest absolute Gasteiger partial charge is 0.320 e. The third-order valence-electron chi connectivity index (χ3n) is 3.59. The van der Waals surface area contributed by atoms with E-state index in [-0.39, 0.29) is 0 Å². The highest BCUT2D eigenvalue weighted by Gasteiger charge is 2.17. The first-order valence-corrected chi connectivity index (χ1v) is 8.60. The number of thiazole rings is 1. The summed E-state index contributed by atoms with van der Waals surface area (Å²) in [6, 6.07) is 5.10. The number of carboxylic acids is 1. The highest BCUT2D eigenvalue weighted by atomic mass is 32.1. The van der Waals surface area contributed by atoms with Crippen molar-refractivity contribution in [1.29, 1.82) is 0 Å². The van der Waals surface area contributed by atoms with Gasteiger partial charge in [-0.2, -0.15) is 0 Å². The van der Waals surface area contributed by atoms with E-state index in [1.54, 1.807) is 14.2 Å². The Kier molecular flexibility index (Phi) is 6.57. The molecule has 0 amide bonds. The summed E-state index contributed by atoms with van der Waals surface area (Å²) in [5, 5.41) is 15.0. The second-order valence-electron chi connectivity index (χ2n) is 5.25. The van der Waals surface area contributed by atoms with Crippen LogP contribution in [-0.2, 0) is 11.3 Å². The van der Waals surface area contributed by atoms with E-state index in [0.717, 1.165) is 22.7 Å². The van der Waals surface area contributed by atoms with Gasteiger partial charge in [0.2, 0.25) is 0 Å². The number of nitrogens with one attached hydrogen (secondary N) is 1. The first-order chi connectivity index (χ1) is 11.6. The standard InChI is InChI=1S/C17H22N2O4S/c1-4-6-13(17(20)21)18-9-11-10-24-16(19-11)12-7-5-8-14(22-2)15(12)23-3/h5,7-8,10,13,18H,4,6,9H2,1-3H3,(H,20,21). The summed E-state index contributed by atoms with van der Waals surface area (Å²) < 4.78 is 10.8. The number of carboxylic acid groups (broad SMARTS) is 1. The Bertz CT molecular complexity index is 687. The van der Waals surface area contributed by atoms with E-state index in [1.165, 1.54) is 11.3 Å². The van der Waals surface area contributed by atoms with Crippen LogP contribution in [0.5, 0.6) is 11.5 Å². The zero-order valence-electron chi connectivity index (χ0n) is 14.0. The Morgan fingerprint density at radius 3 is 2.79 bits per heavy atom. The number of para-hydroxylation sites is 1. The van der Waals surface area contributed by atoms with Crippen molar-refractivity contribution in [3.8, 4) is 22.1 Å². The summed E-state index contributed by atoms with van der Waals surface area (Å²) in [4.78, 5) is 15.8. The Morgan fingerprint density at radius 1 is 1.38 bits per heavy atom. The number of ether oxygens (including phenoxy) is 2. The summed E-state index contributed by atoms with van der Waals surface area (Å²) in [5.74, 6) is 0.462. The molecule has 24 heavy (non-hydrogen) atoms. The number of hydrogen-bond donors (Lipinski definition) is 2. The minimum atomic E-state index is -0.832. The number of rotatable bonds is 9. The lowest BCUT2D eigenvalue weighted by molar-refractivity contribution is -0.139. The van der Waals surface area contributed by atoms with Gasteiger partial charge in [-0.15, -0.1) is 11.3 Å². The van der Waals surface area contributed by atoms with Crippen LogP contribution in [0, 0.1) is 0 Å². The molecule has 1 heterocycles. The maximum atomic E-state index is 11.2. The molecule has 0 spiro atoms. The van der Waals surface area contributed by atoms with Crippen LogP contribution in [0.15, 0.2) is 23.6 Å². The fourth-order valence-electron chi connectivity index (χ4n) is 2.40. The van der Waals surface area contributed by atoms with Crippen molar-refractivity contribution in [3.63, 3.8) is 0 Å². The number of methoxy groups -OCH3 is 2. The van der Waals surface area contributed by atoms with E-state index < -0.39 is 12.0 Å². The van der Waals surface area contributed by atoms with Gasteiger partial charge in [-0.05, 0) is 18.6 Å². The fraction of sp³-hybridized carbons (Fsp3) is 0.412. The zero-order valence-corrected chi connectivity index (χ0v) is 14.9. The predicted octanol–water partition coefficient (Wildman–Crippen LogP) is 3.17. The van der Waals surface area contributed by atoms with Crippen LogP contribution in [0.1, 0.15) is 25.5 Å². The molecular formula is C17H22N2O4S. The van der Waals surface area contributed by atoms with E-state index in [4.69, 9.17) is 9.47 Å². The molecule has 1 unspecified atom stereocenters. The minimum Gasteiger partial charge on any atom is -0.493 e. The van der Waals surface area contributed by atoms with Crippen molar-refractivity contribution in [3.05, 3.63) is 29.3 Å². The molecule has 0 radical (unpaired) electrons. The van der Waals surface area contributed by atoms with Gasteiger partial charge in [0.25, 0.3) is 0 Å². The van der Waals surface area contributed by atoms with E-state index in [2.05, 4.69) is 10.3 Å². The van der Waals surface area contributed by atoms with Crippen molar-refractivity contribution in [2.24, 2.45) is 0 Å². The van der Waals surface area contributed by atoms with Gasteiger partial charge in [0.1, 0.15) is 11.0 Å². The third-order valence-corrected chi connectivity index (χ3v) is 4.51. The maximum Gasteiger partial charge on any atom is 0.320 e. The molecule has 1 aromatic carbocycles. The van der Waals surface area contributed by atoms with Crippen LogP contribution in [-0.4, -0.2) is 36.3 Å². The van der Waals surface area contributed by atoms with Crippen LogP contribution in [0.2, 0.25) is 0 Å². The van der Waals surface area contributed by atoms with E-state index in [0.29, 0.717) is 24.5 Å². The average molecular weight is 350 g/mol. The van der Waals surface area contributed by atoms with Gasteiger partial charge in [0.15, 0.2) is 11.5 Å². The largest absolute Gasteiger partial charge is 0.493 e. The number of hydrogen-bond acceptors (Lipinski definition) is 6. The topological polar surface area (TPSA) is 80.7 Å². The summed E-state index contributed by atoms with van der Waals surface area (Å²) in [7, 11) is 3.19. The Balaban J connectivity index is 2.15. The van der Waals surface area contributed by atoms with E-state index in [9.17, 15) is 9.90 Å². The Hall–Kier alpha value is -2.12. The zero-order chi connectivity index (χ0) is 17.5. The van der Waals surface area contributed by atoms with Gasteiger partial charge in [-0.1, -0.05) is 19.4 Å². The summed E-state index contributed by atoms with van der Waals surface area (Å²) in [5.41, 5.74) is 1.67. The number of aliphatic carboxylic acids is 1. The number of nitrogens with zero attached hydrogens (tertiary/aromatic N) is 1. The van der Waals surface area contributed by atoms with Gasteiger partial charge in [-0.25, -0.2) is 4.98 Å². The number of benzene rings is 1. The maximum absolute atomic E-state index is 11.2. The van der Waals surface area contributed by atoms with Crippen molar-refractivity contribution in [1.82, 2.24) is 10.3 Å². The van der Waals surface area contributed by atoms with Crippen molar-refractivity contribution in [2.75, 3.05) is 14.2 Å². The average Bonchev–Trinajstić information content (AvgIpc) is 3.06.